The Morgan fingerprint density at radius 3 is 2.69 bits per heavy atom. The van der Waals surface area contributed by atoms with Crippen LogP contribution >= 0.6 is 0 Å². The summed E-state index contributed by atoms with van der Waals surface area (Å²) in [6.07, 6.45) is 3.16. The number of benzene rings is 1. The molecule has 0 amide bonds. The topological polar surface area (TPSA) is 44.5 Å². The normalized spacial score (nSPS) is 10.2. The molecule has 3 heteroatoms. The zero-order chi connectivity index (χ0) is 11.8. The molecule has 1 aromatic rings. The molecular weight excluding hydrogens is 202 g/mol. The smallest absolute Gasteiger partial charge is 0.126 e. The lowest BCUT2D eigenvalue weighted by atomic mass is 10.1. The number of ether oxygens (including phenoxy) is 2. The van der Waals surface area contributed by atoms with Crippen molar-refractivity contribution in [2.45, 2.75) is 26.2 Å². The van der Waals surface area contributed by atoms with Crippen LogP contribution in [0, 0.1) is 0 Å². The standard InChI is InChI=1S/C13H21NO2/c1-3-16-13-10-12(15-2)8-7-11(13)6-4-5-9-14/h7-8,10H,3-6,9,14H2,1-2H3. The second kappa shape index (κ2) is 7.12. The fraction of sp³-hybridized carbons (Fsp3) is 0.538. The van der Waals surface area contributed by atoms with Crippen molar-refractivity contribution in [1.82, 2.24) is 0 Å². The van der Waals surface area contributed by atoms with E-state index in [0.717, 1.165) is 37.3 Å². The third-order valence-electron chi connectivity index (χ3n) is 2.47. The van der Waals surface area contributed by atoms with Crippen LogP contribution in [-0.2, 0) is 6.42 Å². The summed E-state index contributed by atoms with van der Waals surface area (Å²) in [4.78, 5) is 0. The van der Waals surface area contributed by atoms with Crippen LogP contribution in [0.25, 0.3) is 0 Å². The number of hydrogen-bond donors (Lipinski definition) is 1. The molecule has 1 rings (SSSR count). The molecule has 0 heterocycles. The van der Waals surface area contributed by atoms with E-state index in [9.17, 15) is 0 Å². The van der Waals surface area contributed by atoms with Gasteiger partial charge in [0, 0.05) is 6.07 Å². The van der Waals surface area contributed by atoms with Gasteiger partial charge in [-0.2, -0.15) is 0 Å². The molecule has 0 spiro atoms. The van der Waals surface area contributed by atoms with E-state index in [1.165, 1.54) is 5.56 Å². The Balaban J connectivity index is 2.72. The van der Waals surface area contributed by atoms with Crippen molar-refractivity contribution in [2.24, 2.45) is 5.73 Å². The van der Waals surface area contributed by atoms with Crippen LogP contribution in [0.1, 0.15) is 25.3 Å². The minimum Gasteiger partial charge on any atom is -0.497 e. The van der Waals surface area contributed by atoms with Crippen molar-refractivity contribution in [3.63, 3.8) is 0 Å². The van der Waals surface area contributed by atoms with Gasteiger partial charge in [-0.15, -0.1) is 0 Å². The van der Waals surface area contributed by atoms with E-state index >= 15 is 0 Å². The lowest BCUT2D eigenvalue weighted by Crippen LogP contribution is -2.01. The van der Waals surface area contributed by atoms with Crippen LogP contribution in [0.5, 0.6) is 11.5 Å². The quantitative estimate of drug-likeness (QED) is 0.722. The Morgan fingerprint density at radius 1 is 1.25 bits per heavy atom. The zero-order valence-corrected chi connectivity index (χ0v) is 10.2. The van der Waals surface area contributed by atoms with Gasteiger partial charge >= 0.3 is 0 Å². The van der Waals surface area contributed by atoms with Crippen LogP contribution in [0.15, 0.2) is 18.2 Å². The predicted molar refractivity (Wildman–Crippen MR) is 66.2 cm³/mol. The van der Waals surface area contributed by atoms with Gasteiger partial charge < -0.3 is 15.2 Å². The maximum atomic E-state index is 5.60. The average Bonchev–Trinajstić information content (AvgIpc) is 2.31. The number of rotatable bonds is 7. The van der Waals surface area contributed by atoms with Crippen molar-refractivity contribution in [2.75, 3.05) is 20.3 Å². The molecule has 0 fully saturated rings. The highest BCUT2D eigenvalue weighted by Crippen LogP contribution is 2.26. The van der Waals surface area contributed by atoms with Gasteiger partial charge in [0.1, 0.15) is 11.5 Å². The lowest BCUT2D eigenvalue weighted by Gasteiger charge is -2.11. The van der Waals surface area contributed by atoms with Gasteiger partial charge in [-0.3, -0.25) is 0 Å². The molecule has 2 N–H and O–H groups in total. The fourth-order valence-corrected chi connectivity index (χ4v) is 1.62. The molecule has 0 unspecified atom stereocenters. The van der Waals surface area contributed by atoms with Crippen LogP contribution < -0.4 is 15.2 Å². The molecule has 0 atom stereocenters. The summed E-state index contributed by atoms with van der Waals surface area (Å²) in [5.74, 6) is 1.77. The molecule has 90 valence electrons. The SMILES string of the molecule is CCOc1cc(OC)ccc1CCCCN. The highest BCUT2D eigenvalue weighted by Gasteiger charge is 2.05. The minimum atomic E-state index is 0.678. The molecule has 16 heavy (non-hydrogen) atoms. The van der Waals surface area contributed by atoms with E-state index in [1.807, 2.05) is 19.1 Å². The van der Waals surface area contributed by atoms with Crippen molar-refractivity contribution in [1.29, 1.82) is 0 Å². The Morgan fingerprint density at radius 2 is 2.06 bits per heavy atom. The van der Waals surface area contributed by atoms with Gasteiger partial charge in [-0.05, 0) is 44.4 Å². The summed E-state index contributed by atoms with van der Waals surface area (Å²) in [5.41, 5.74) is 6.72. The number of aryl methyl sites for hydroxylation is 1. The number of methoxy groups -OCH3 is 1. The Hall–Kier alpha value is -1.22. The second-order valence-electron chi connectivity index (χ2n) is 3.65. The Kier molecular flexibility index (Phi) is 5.72. The van der Waals surface area contributed by atoms with Crippen molar-refractivity contribution >= 4 is 0 Å². The minimum absolute atomic E-state index is 0.678. The van der Waals surface area contributed by atoms with Gasteiger partial charge in [0.2, 0.25) is 0 Å². The van der Waals surface area contributed by atoms with Crippen molar-refractivity contribution < 1.29 is 9.47 Å². The molecule has 0 saturated heterocycles. The molecule has 1 aromatic carbocycles. The highest BCUT2D eigenvalue weighted by atomic mass is 16.5. The number of hydrogen-bond acceptors (Lipinski definition) is 3. The van der Waals surface area contributed by atoms with Crippen LogP contribution in [0.4, 0.5) is 0 Å². The van der Waals surface area contributed by atoms with E-state index in [1.54, 1.807) is 7.11 Å². The summed E-state index contributed by atoms with van der Waals surface area (Å²) in [6, 6.07) is 5.99. The molecule has 3 nitrogen and oxygen atoms in total. The molecule has 0 aliphatic heterocycles. The Bertz CT molecular complexity index is 313. The molecule has 0 bridgehead atoms. The summed E-state index contributed by atoms with van der Waals surface area (Å²) >= 11 is 0. The third-order valence-corrected chi connectivity index (χ3v) is 2.47. The second-order valence-corrected chi connectivity index (χ2v) is 3.65. The monoisotopic (exact) mass is 223 g/mol. The first-order valence-corrected chi connectivity index (χ1v) is 5.81. The maximum Gasteiger partial charge on any atom is 0.126 e. The van der Waals surface area contributed by atoms with E-state index in [0.29, 0.717) is 6.61 Å². The van der Waals surface area contributed by atoms with Crippen molar-refractivity contribution in [3.05, 3.63) is 23.8 Å². The molecule has 0 saturated carbocycles. The molecule has 0 aliphatic rings. The zero-order valence-electron chi connectivity index (χ0n) is 10.2. The number of nitrogens with two attached hydrogens (primary N) is 1. The molecule has 0 aliphatic carbocycles. The first-order chi connectivity index (χ1) is 7.81. The molecular formula is C13H21NO2. The summed E-state index contributed by atoms with van der Waals surface area (Å²) in [6.45, 7) is 3.42. The lowest BCUT2D eigenvalue weighted by molar-refractivity contribution is 0.332. The van der Waals surface area contributed by atoms with Gasteiger partial charge in [-0.1, -0.05) is 6.07 Å². The van der Waals surface area contributed by atoms with Crippen LogP contribution in [-0.4, -0.2) is 20.3 Å². The van der Waals surface area contributed by atoms with E-state index in [4.69, 9.17) is 15.2 Å². The molecule has 0 radical (unpaired) electrons. The van der Waals surface area contributed by atoms with Crippen LogP contribution in [0.3, 0.4) is 0 Å². The van der Waals surface area contributed by atoms with E-state index in [-0.39, 0.29) is 0 Å². The van der Waals surface area contributed by atoms with Crippen LogP contribution in [0.2, 0.25) is 0 Å². The average molecular weight is 223 g/mol. The third kappa shape index (κ3) is 3.74. The summed E-state index contributed by atoms with van der Waals surface area (Å²) in [5, 5.41) is 0. The van der Waals surface area contributed by atoms with Gasteiger partial charge in [0.15, 0.2) is 0 Å². The van der Waals surface area contributed by atoms with Gasteiger partial charge in [0.25, 0.3) is 0 Å². The van der Waals surface area contributed by atoms with Gasteiger partial charge in [-0.25, -0.2) is 0 Å². The van der Waals surface area contributed by atoms with E-state index < -0.39 is 0 Å². The van der Waals surface area contributed by atoms with Crippen molar-refractivity contribution in [3.8, 4) is 11.5 Å². The Labute approximate surface area is 97.6 Å². The highest BCUT2D eigenvalue weighted by molar-refractivity contribution is 5.40. The molecule has 0 aromatic heterocycles. The summed E-state index contributed by atoms with van der Waals surface area (Å²) < 4.78 is 10.8. The van der Waals surface area contributed by atoms with Gasteiger partial charge in [0.05, 0.1) is 13.7 Å². The maximum absolute atomic E-state index is 5.60. The first-order valence-electron chi connectivity index (χ1n) is 5.81. The largest absolute Gasteiger partial charge is 0.497 e. The van der Waals surface area contributed by atoms with E-state index in [2.05, 4.69) is 6.07 Å². The predicted octanol–water partition coefficient (Wildman–Crippen LogP) is 2.38. The fourth-order valence-electron chi connectivity index (χ4n) is 1.62. The number of unbranched alkanes of at least 4 members (excludes halogenated alkanes) is 1. The first kappa shape index (κ1) is 12.8. The summed E-state index contributed by atoms with van der Waals surface area (Å²) in [7, 11) is 1.67.